The minimum Gasteiger partial charge on any atom is -0.493 e. The van der Waals surface area contributed by atoms with Crippen molar-refractivity contribution in [3.8, 4) is 11.5 Å². The van der Waals surface area contributed by atoms with E-state index in [-0.39, 0.29) is 11.8 Å². The van der Waals surface area contributed by atoms with Crippen LogP contribution in [0.4, 0.5) is 5.69 Å². The molecule has 2 aromatic carbocycles. The van der Waals surface area contributed by atoms with Crippen molar-refractivity contribution < 1.29 is 14.3 Å². The molecule has 1 aliphatic rings. The topological polar surface area (TPSA) is 47.6 Å². The van der Waals surface area contributed by atoms with Gasteiger partial charge in [0.15, 0.2) is 11.5 Å². The average molecular weight is 297 g/mol. The Hall–Kier alpha value is -2.49. The molecule has 0 aliphatic carbocycles. The normalized spacial score (nSPS) is 17.2. The molecule has 0 saturated heterocycles. The molecule has 0 fully saturated rings. The van der Waals surface area contributed by atoms with Gasteiger partial charge in [-0.15, -0.1) is 0 Å². The van der Waals surface area contributed by atoms with Crippen molar-refractivity contribution in [3.05, 3.63) is 53.6 Å². The second-order valence-corrected chi connectivity index (χ2v) is 5.36. The predicted octanol–water partition coefficient (Wildman–Crippen LogP) is 3.37. The summed E-state index contributed by atoms with van der Waals surface area (Å²) in [6.07, 6.45) is 1.59. The van der Waals surface area contributed by atoms with Crippen LogP contribution in [0.1, 0.15) is 23.5 Å². The van der Waals surface area contributed by atoms with E-state index in [1.165, 1.54) is 0 Å². The van der Waals surface area contributed by atoms with Crippen LogP contribution in [0.15, 0.2) is 42.5 Å². The van der Waals surface area contributed by atoms with Crippen LogP contribution in [0.2, 0.25) is 0 Å². The van der Waals surface area contributed by atoms with Crippen molar-refractivity contribution >= 4 is 11.6 Å². The van der Waals surface area contributed by atoms with E-state index >= 15 is 0 Å². The molecule has 1 amide bonds. The summed E-state index contributed by atoms with van der Waals surface area (Å²) in [7, 11) is 3.21. The standard InChI is InChI=1S/C18H19NO3/c1-21-16-10-13-8-9-14(12-6-4-3-5-7-12)18(20)19-15(13)11-17(16)22-2/h3-7,10-11,14H,8-9H2,1-2H3,(H,19,20)/t14-/m1/s1. The summed E-state index contributed by atoms with van der Waals surface area (Å²) in [5.41, 5.74) is 2.93. The molecule has 0 aromatic heterocycles. The number of hydrogen-bond acceptors (Lipinski definition) is 3. The van der Waals surface area contributed by atoms with Gasteiger partial charge in [-0.05, 0) is 30.0 Å². The van der Waals surface area contributed by atoms with E-state index in [1.807, 2.05) is 42.5 Å². The van der Waals surface area contributed by atoms with Gasteiger partial charge in [-0.1, -0.05) is 30.3 Å². The van der Waals surface area contributed by atoms with Gasteiger partial charge in [0.25, 0.3) is 0 Å². The first-order valence-corrected chi connectivity index (χ1v) is 7.33. The van der Waals surface area contributed by atoms with Crippen molar-refractivity contribution in [1.29, 1.82) is 0 Å². The number of anilines is 1. The lowest BCUT2D eigenvalue weighted by atomic mass is 9.93. The zero-order chi connectivity index (χ0) is 15.5. The summed E-state index contributed by atoms with van der Waals surface area (Å²) >= 11 is 0. The number of nitrogens with one attached hydrogen (secondary N) is 1. The highest BCUT2D eigenvalue weighted by molar-refractivity contribution is 5.97. The number of carbonyl (C=O) groups is 1. The Balaban J connectivity index is 1.94. The Morgan fingerprint density at radius 2 is 1.73 bits per heavy atom. The fraction of sp³-hybridized carbons (Fsp3) is 0.278. The van der Waals surface area contributed by atoms with E-state index in [1.54, 1.807) is 14.2 Å². The fourth-order valence-electron chi connectivity index (χ4n) is 2.90. The van der Waals surface area contributed by atoms with Crippen molar-refractivity contribution in [2.45, 2.75) is 18.8 Å². The molecule has 0 unspecified atom stereocenters. The van der Waals surface area contributed by atoms with E-state index in [0.29, 0.717) is 11.5 Å². The van der Waals surface area contributed by atoms with E-state index in [9.17, 15) is 4.79 Å². The monoisotopic (exact) mass is 297 g/mol. The van der Waals surface area contributed by atoms with Crippen LogP contribution in [0.5, 0.6) is 11.5 Å². The van der Waals surface area contributed by atoms with Crippen molar-refractivity contribution in [3.63, 3.8) is 0 Å². The Morgan fingerprint density at radius 1 is 1.05 bits per heavy atom. The van der Waals surface area contributed by atoms with E-state index < -0.39 is 0 Å². The molecular formula is C18H19NO3. The number of fused-ring (bicyclic) bond motifs is 1. The minimum atomic E-state index is -0.134. The molecule has 1 aliphatic heterocycles. The van der Waals surface area contributed by atoms with Crippen LogP contribution >= 0.6 is 0 Å². The molecule has 1 heterocycles. The Bertz CT molecular complexity index is 682. The number of benzene rings is 2. The number of methoxy groups -OCH3 is 2. The van der Waals surface area contributed by atoms with Crippen molar-refractivity contribution in [2.75, 3.05) is 19.5 Å². The molecule has 1 N–H and O–H groups in total. The van der Waals surface area contributed by atoms with Crippen LogP contribution in [-0.2, 0) is 11.2 Å². The summed E-state index contributed by atoms with van der Waals surface area (Å²) in [5.74, 6) is 1.20. The molecule has 2 aromatic rings. The summed E-state index contributed by atoms with van der Waals surface area (Å²) in [5, 5.41) is 3.02. The molecule has 0 radical (unpaired) electrons. The predicted molar refractivity (Wildman–Crippen MR) is 85.7 cm³/mol. The molecule has 4 nitrogen and oxygen atoms in total. The molecule has 0 spiro atoms. The quantitative estimate of drug-likeness (QED) is 0.945. The second kappa shape index (κ2) is 6.10. The number of hydrogen-bond donors (Lipinski definition) is 1. The van der Waals surface area contributed by atoms with Gasteiger partial charge in [0.05, 0.1) is 20.1 Å². The van der Waals surface area contributed by atoms with Crippen LogP contribution in [0, 0.1) is 0 Å². The minimum absolute atomic E-state index is 0.0252. The van der Waals surface area contributed by atoms with Crippen LogP contribution < -0.4 is 14.8 Å². The highest BCUT2D eigenvalue weighted by Gasteiger charge is 2.26. The third kappa shape index (κ3) is 2.64. The smallest absolute Gasteiger partial charge is 0.231 e. The third-order valence-electron chi connectivity index (χ3n) is 4.09. The van der Waals surface area contributed by atoms with Crippen LogP contribution in [0.3, 0.4) is 0 Å². The van der Waals surface area contributed by atoms with Gasteiger partial charge in [-0.2, -0.15) is 0 Å². The van der Waals surface area contributed by atoms with Gasteiger partial charge in [0.1, 0.15) is 0 Å². The number of ether oxygens (including phenoxy) is 2. The SMILES string of the molecule is COc1cc2c(cc1OC)NC(=O)[C@@H](c1ccccc1)CC2. The van der Waals surface area contributed by atoms with Gasteiger partial charge in [-0.25, -0.2) is 0 Å². The summed E-state index contributed by atoms with van der Waals surface area (Å²) < 4.78 is 10.7. The molecule has 3 rings (SSSR count). The maximum absolute atomic E-state index is 12.5. The molecule has 0 saturated carbocycles. The van der Waals surface area contributed by atoms with Gasteiger partial charge >= 0.3 is 0 Å². The van der Waals surface area contributed by atoms with Gasteiger partial charge in [0.2, 0.25) is 5.91 Å². The van der Waals surface area contributed by atoms with E-state index in [2.05, 4.69) is 5.32 Å². The van der Waals surface area contributed by atoms with Gasteiger partial charge in [0, 0.05) is 11.8 Å². The zero-order valence-electron chi connectivity index (χ0n) is 12.8. The van der Waals surface area contributed by atoms with E-state index in [0.717, 1.165) is 29.7 Å². The largest absolute Gasteiger partial charge is 0.493 e. The van der Waals surface area contributed by atoms with Gasteiger partial charge < -0.3 is 14.8 Å². The Kier molecular flexibility index (Phi) is 4.00. The Morgan fingerprint density at radius 3 is 2.41 bits per heavy atom. The zero-order valence-corrected chi connectivity index (χ0v) is 12.8. The van der Waals surface area contributed by atoms with Crippen molar-refractivity contribution in [2.24, 2.45) is 0 Å². The van der Waals surface area contributed by atoms with E-state index in [4.69, 9.17) is 9.47 Å². The molecule has 4 heteroatoms. The molecule has 0 bridgehead atoms. The molecule has 22 heavy (non-hydrogen) atoms. The first-order chi connectivity index (χ1) is 10.7. The highest BCUT2D eigenvalue weighted by atomic mass is 16.5. The Labute approximate surface area is 130 Å². The molecule has 114 valence electrons. The lowest BCUT2D eigenvalue weighted by Crippen LogP contribution is -2.19. The maximum Gasteiger partial charge on any atom is 0.231 e. The van der Waals surface area contributed by atoms with Crippen molar-refractivity contribution in [1.82, 2.24) is 0 Å². The third-order valence-corrected chi connectivity index (χ3v) is 4.09. The highest BCUT2D eigenvalue weighted by Crippen LogP contribution is 2.37. The first-order valence-electron chi connectivity index (χ1n) is 7.33. The number of amides is 1. The van der Waals surface area contributed by atoms with Gasteiger partial charge in [-0.3, -0.25) is 4.79 Å². The van der Waals surface area contributed by atoms with Crippen LogP contribution in [0.25, 0.3) is 0 Å². The summed E-state index contributed by atoms with van der Waals surface area (Å²) in [4.78, 5) is 12.5. The first kappa shape index (κ1) is 14.4. The average Bonchev–Trinajstić information content (AvgIpc) is 2.72. The second-order valence-electron chi connectivity index (χ2n) is 5.36. The summed E-state index contributed by atoms with van der Waals surface area (Å²) in [6, 6.07) is 13.7. The summed E-state index contributed by atoms with van der Waals surface area (Å²) in [6.45, 7) is 0. The number of aryl methyl sites for hydroxylation is 1. The lowest BCUT2D eigenvalue weighted by molar-refractivity contribution is -0.117. The number of carbonyl (C=O) groups excluding carboxylic acids is 1. The molecule has 1 atom stereocenters. The van der Waals surface area contributed by atoms with Crippen LogP contribution in [-0.4, -0.2) is 20.1 Å². The maximum atomic E-state index is 12.5. The number of rotatable bonds is 3. The lowest BCUT2D eigenvalue weighted by Gasteiger charge is -2.14. The molecular weight excluding hydrogens is 278 g/mol. The fourth-order valence-corrected chi connectivity index (χ4v) is 2.90.